The van der Waals surface area contributed by atoms with Gasteiger partial charge < -0.3 is 10.1 Å². The summed E-state index contributed by atoms with van der Waals surface area (Å²) in [4.78, 5) is 12.1. The van der Waals surface area contributed by atoms with Crippen LogP contribution in [-0.4, -0.2) is 27.7 Å². The molecule has 0 spiro atoms. The molecule has 6 nitrogen and oxygen atoms in total. The van der Waals surface area contributed by atoms with Gasteiger partial charge in [0.2, 0.25) is 15.9 Å². The van der Waals surface area contributed by atoms with Crippen molar-refractivity contribution in [1.82, 2.24) is 5.32 Å². The Hall–Kier alpha value is -2.54. The van der Waals surface area contributed by atoms with Gasteiger partial charge in [-0.1, -0.05) is 30.3 Å². The number of benzene rings is 2. The van der Waals surface area contributed by atoms with E-state index >= 15 is 0 Å². The Labute approximate surface area is 148 Å². The fourth-order valence-corrected chi connectivity index (χ4v) is 2.94. The zero-order chi connectivity index (χ0) is 18.3. The summed E-state index contributed by atoms with van der Waals surface area (Å²) in [7, 11) is -1.76. The van der Waals surface area contributed by atoms with E-state index in [-0.39, 0.29) is 12.5 Å². The number of sulfonamides is 1. The van der Waals surface area contributed by atoms with Crippen LogP contribution in [0.25, 0.3) is 0 Å². The molecule has 2 rings (SSSR count). The first-order chi connectivity index (χ1) is 11.9. The van der Waals surface area contributed by atoms with Crippen LogP contribution < -0.4 is 14.8 Å². The van der Waals surface area contributed by atoms with Crippen molar-refractivity contribution in [1.29, 1.82) is 0 Å². The van der Waals surface area contributed by atoms with Crippen molar-refractivity contribution in [3.05, 3.63) is 59.7 Å². The van der Waals surface area contributed by atoms with Crippen molar-refractivity contribution in [2.24, 2.45) is 0 Å². The lowest BCUT2D eigenvalue weighted by Gasteiger charge is -2.11. The van der Waals surface area contributed by atoms with E-state index in [9.17, 15) is 13.2 Å². The molecule has 134 valence electrons. The number of ether oxygens (including phenoxy) is 1. The third kappa shape index (κ3) is 6.46. The van der Waals surface area contributed by atoms with E-state index in [0.29, 0.717) is 24.1 Å². The number of aryl methyl sites for hydroxylation is 1. The Kier molecular flexibility index (Phi) is 6.41. The van der Waals surface area contributed by atoms with Crippen LogP contribution in [0.3, 0.4) is 0 Å². The van der Waals surface area contributed by atoms with E-state index in [4.69, 9.17) is 4.74 Å². The standard InChI is InChI=1S/C18H22N2O4S/c1-24-16-8-5-6-14(12-16)10-11-18(21)19-13-15-7-3-4-9-17(15)20-25(2,22)23/h3-9,12,20H,10-11,13H2,1-2H3,(H,19,21). The smallest absolute Gasteiger partial charge is 0.229 e. The molecule has 0 heterocycles. The number of rotatable bonds is 8. The number of nitrogens with one attached hydrogen (secondary N) is 2. The second kappa shape index (κ2) is 8.53. The summed E-state index contributed by atoms with van der Waals surface area (Å²) >= 11 is 0. The summed E-state index contributed by atoms with van der Waals surface area (Å²) in [6, 6.07) is 14.6. The van der Waals surface area contributed by atoms with Crippen molar-refractivity contribution in [3.8, 4) is 5.75 Å². The molecule has 0 aliphatic rings. The van der Waals surface area contributed by atoms with E-state index in [2.05, 4.69) is 10.0 Å². The lowest BCUT2D eigenvalue weighted by molar-refractivity contribution is -0.121. The van der Waals surface area contributed by atoms with Crippen molar-refractivity contribution < 1.29 is 17.9 Å². The van der Waals surface area contributed by atoms with Crippen molar-refractivity contribution in [2.75, 3.05) is 18.1 Å². The van der Waals surface area contributed by atoms with Gasteiger partial charge >= 0.3 is 0 Å². The van der Waals surface area contributed by atoms with Crippen LogP contribution in [0.15, 0.2) is 48.5 Å². The molecule has 2 N–H and O–H groups in total. The predicted molar refractivity (Wildman–Crippen MR) is 98.1 cm³/mol. The fourth-order valence-electron chi connectivity index (χ4n) is 2.34. The molecular formula is C18H22N2O4S. The largest absolute Gasteiger partial charge is 0.497 e. The number of amides is 1. The van der Waals surface area contributed by atoms with Gasteiger partial charge in [-0.15, -0.1) is 0 Å². The Balaban J connectivity index is 1.90. The SMILES string of the molecule is COc1cccc(CCC(=O)NCc2ccccc2NS(C)(=O)=O)c1. The van der Waals surface area contributed by atoms with Crippen LogP contribution in [0.2, 0.25) is 0 Å². The molecule has 0 fully saturated rings. The maximum atomic E-state index is 12.1. The zero-order valence-electron chi connectivity index (χ0n) is 14.3. The van der Waals surface area contributed by atoms with Gasteiger partial charge in [0.15, 0.2) is 0 Å². The minimum atomic E-state index is -3.37. The monoisotopic (exact) mass is 362 g/mol. The van der Waals surface area contributed by atoms with Gasteiger partial charge in [0.25, 0.3) is 0 Å². The third-order valence-corrected chi connectivity index (χ3v) is 4.15. The second-order valence-corrected chi connectivity index (χ2v) is 7.41. The summed E-state index contributed by atoms with van der Waals surface area (Å²) in [6.45, 7) is 0.260. The number of hydrogen-bond donors (Lipinski definition) is 2. The molecule has 0 saturated heterocycles. The minimum absolute atomic E-state index is 0.100. The molecule has 0 bridgehead atoms. The second-order valence-electron chi connectivity index (χ2n) is 5.66. The number of hydrogen-bond acceptors (Lipinski definition) is 4. The van der Waals surface area contributed by atoms with Crippen molar-refractivity contribution in [3.63, 3.8) is 0 Å². The Morgan fingerprint density at radius 3 is 2.60 bits per heavy atom. The van der Waals surface area contributed by atoms with Crippen molar-refractivity contribution in [2.45, 2.75) is 19.4 Å². The van der Waals surface area contributed by atoms with Crippen LogP contribution in [0.5, 0.6) is 5.75 Å². The molecule has 0 aliphatic heterocycles. The van der Waals surface area contributed by atoms with Gasteiger partial charge in [-0.2, -0.15) is 0 Å². The molecule has 0 aromatic heterocycles. The molecule has 0 aliphatic carbocycles. The Morgan fingerprint density at radius 1 is 1.12 bits per heavy atom. The minimum Gasteiger partial charge on any atom is -0.497 e. The van der Waals surface area contributed by atoms with E-state index in [1.165, 1.54) is 0 Å². The van der Waals surface area contributed by atoms with Crippen LogP contribution in [0.1, 0.15) is 17.5 Å². The summed E-state index contributed by atoms with van der Waals surface area (Å²) < 4.78 is 30.4. The predicted octanol–water partition coefficient (Wildman–Crippen LogP) is 2.32. The summed E-state index contributed by atoms with van der Waals surface area (Å²) in [5.41, 5.74) is 2.20. The van der Waals surface area contributed by atoms with Gasteiger partial charge in [0.05, 0.1) is 19.1 Å². The Morgan fingerprint density at radius 2 is 1.88 bits per heavy atom. The maximum absolute atomic E-state index is 12.1. The highest BCUT2D eigenvalue weighted by atomic mass is 32.2. The van der Waals surface area contributed by atoms with E-state index < -0.39 is 10.0 Å². The van der Waals surface area contributed by atoms with Gasteiger partial charge in [-0.25, -0.2) is 8.42 Å². The van der Waals surface area contributed by atoms with Gasteiger partial charge in [-0.3, -0.25) is 9.52 Å². The molecular weight excluding hydrogens is 340 g/mol. The normalized spacial score (nSPS) is 11.0. The lowest BCUT2D eigenvalue weighted by Crippen LogP contribution is -2.24. The highest BCUT2D eigenvalue weighted by molar-refractivity contribution is 7.92. The highest BCUT2D eigenvalue weighted by Crippen LogP contribution is 2.16. The van der Waals surface area contributed by atoms with Gasteiger partial charge in [0, 0.05) is 13.0 Å². The molecule has 0 saturated carbocycles. The quantitative estimate of drug-likeness (QED) is 0.755. The number of carbonyl (C=O) groups is 1. The summed E-state index contributed by atoms with van der Waals surface area (Å²) in [6.07, 6.45) is 2.04. The average Bonchev–Trinajstić information content (AvgIpc) is 2.58. The summed E-state index contributed by atoms with van der Waals surface area (Å²) in [5, 5.41) is 2.82. The zero-order valence-corrected chi connectivity index (χ0v) is 15.1. The first-order valence-electron chi connectivity index (χ1n) is 7.83. The summed E-state index contributed by atoms with van der Waals surface area (Å²) in [5.74, 6) is 0.663. The fraction of sp³-hybridized carbons (Fsp3) is 0.278. The topological polar surface area (TPSA) is 84.5 Å². The lowest BCUT2D eigenvalue weighted by atomic mass is 10.1. The number of para-hydroxylation sites is 1. The van der Waals surface area contributed by atoms with Crippen LogP contribution in [0, 0.1) is 0 Å². The van der Waals surface area contributed by atoms with E-state index in [1.807, 2.05) is 24.3 Å². The van der Waals surface area contributed by atoms with Crippen LogP contribution in [-0.2, 0) is 27.8 Å². The number of carbonyl (C=O) groups excluding carboxylic acids is 1. The molecule has 0 atom stereocenters. The Bertz CT molecular complexity index is 834. The number of methoxy groups -OCH3 is 1. The molecule has 1 amide bonds. The maximum Gasteiger partial charge on any atom is 0.229 e. The third-order valence-electron chi connectivity index (χ3n) is 3.56. The van der Waals surface area contributed by atoms with E-state index in [1.54, 1.807) is 31.4 Å². The number of anilines is 1. The highest BCUT2D eigenvalue weighted by Gasteiger charge is 2.08. The van der Waals surface area contributed by atoms with Gasteiger partial charge in [0.1, 0.15) is 5.75 Å². The molecule has 2 aromatic rings. The molecule has 0 radical (unpaired) electrons. The van der Waals surface area contributed by atoms with Crippen LogP contribution in [0.4, 0.5) is 5.69 Å². The first kappa shape index (κ1) is 18.8. The van der Waals surface area contributed by atoms with Gasteiger partial charge in [-0.05, 0) is 35.7 Å². The van der Waals surface area contributed by atoms with E-state index in [0.717, 1.165) is 17.6 Å². The van der Waals surface area contributed by atoms with Crippen molar-refractivity contribution >= 4 is 21.6 Å². The molecule has 2 aromatic carbocycles. The average molecular weight is 362 g/mol. The molecule has 0 unspecified atom stereocenters. The van der Waals surface area contributed by atoms with Crippen LogP contribution >= 0.6 is 0 Å². The first-order valence-corrected chi connectivity index (χ1v) is 9.72. The molecule has 25 heavy (non-hydrogen) atoms. The molecule has 7 heteroatoms.